The Morgan fingerprint density at radius 1 is 1.17 bits per heavy atom. The van der Waals surface area contributed by atoms with Gasteiger partial charge < -0.3 is 19.9 Å². The number of halogens is 1. The van der Waals surface area contributed by atoms with Crippen LogP contribution in [0.5, 0.6) is 11.5 Å². The fourth-order valence-corrected chi connectivity index (χ4v) is 3.26. The number of hydrogen-bond donors (Lipinski definition) is 2. The van der Waals surface area contributed by atoms with Gasteiger partial charge in [0.05, 0.1) is 17.3 Å². The van der Waals surface area contributed by atoms with Crippen LogP contribution in [0.4, 0.5) is 0 Å². The second-order valence-electron chi connectivity index (χ2n) is 5.67. The topological polar surface area (TPSA) is 55.3 Å². The second-order valence-corrected chi connectivity index (χ2v) is 6.84. The summed E-state index contributed by atoms with van der Waals surface area (Å²) in [6, 6.07) is 14.5. The van der Waals surface area contributed by atoms with Crippen LogP contribution < -0.4 is 14.8 Å². The number of quaternary nitrogens is 1. The molecule has 4 nitrogen and oxygen atoms in total. The van der Waals surface area contributed by atoms with Crippen molar-refractivity contribution in [2.24, 2.45) is 0 Å². The lowest BCUT2D eigenvalue weighted by Gasteiger charge is -2.15. The Hall–Kier alpha value is -1.31. The molecule has 0 aliphatic rings. The van der Waals surface area contributed by atoms with Crippen LogP contribution in [-0.4, -0.2) is 24.9 Å². The van der Waals surface area contributed by atoms with Gasteiger partial charge in [0.25, 0.3) is 0 Å². The lowest BCUT2D eigenvalue weighted by Crippen LogP contribution is -2.89. The zero-order valence-corrected chi connectivity index (χ0v) is 16.3. The highest BCUT2D eigenvalue weighted by atomic mass is 127. The number of aliphatic hydroxyl groups excluding tert-OH is 1. The molecule has 2 aromatic rings. The fourth-order valence-electron chi connectivity index (χ4n) is 2.43. The van der Waals surface area contributed by atoms with Crippen molar-refractivity contribution in [3.63, 3.8) is 0 Å². The molecule has 24 heavy (non-hydrogen) atoms. The van der Waals surface area contributed by atoms with E-state index in [0.717, 1.165) is 39.2 Å². The SMILES string of the molecule is CCC(CO)[NH2+]Cc1cc(I)c(OCc2ccccc2)c(OC)c1. The molecule has 0 heterocycles. The molecule has 0 bridgehead atoms. The maximum atomic E-state index is 9.30. The predicted octanol–water partition coefficient (Wildman–Crippen LogP) is 2.71. The minimum Gasteiger partial charge on any atom is -0.493 e. The normalized spacial score (nSPS) is 12.0. The second kappa shape index (κ2) is 9.86. The van der Waals surface area contributed by atoms with Crippen LogP contribution in [0, 0.1) is 3.57 Å². The van der Waals surface area contributed by atoms with Crippen LogP contribution >= 0.6 is 22.6 Å². The zero-order valence-electron chi connectivity index (χ0n) is 14.2. The first kappa shape index (κ1) is 19.0. The maximum absolute atomic E-state index is 9.30. The molecular weight excluding hydrogens is 417 g/mol. The van der Waals surface area contributed by atoms with Gasteiger partial charge in [0.2, 0.25) is 0 Å². The zero-order chi connectivity index (χ0) is 17.4. The van der Waals surface area contributed by atoms with E-state index in [9.17, 15) is 5.11 Å². The number of methoxy groups -OCH3 is 1. The van der Waals surface area contributed by atoms with Crippen molar-refractivity contribution in [3.05, 3.63) is 57.2 Å². The van der Waals surface area contributed by atoms with Gasteiger partial charge in [0, 0.05) is 5.56 Å². The van der Waals surface area contributed by atoms with Crippen molar-refractivity contribution in [1.82, 2.24) is 0 Å². The monoisotopic (exact) mass is 442 g/mol. The minimum atomic E-state index is 0.197. The van der Waals surface area contributed by atoms with Crippen molar-refractivity contribution in [3.8, 4) is 11.5 Å². The molecule has 1 unspecified atom stereocenters. The molecule has 0 aliphatic heterocycles. The van der Waals surface area contributed by atoms with Gasteiger partial charge in [0.15, 0.2) is 11.5 Å². The van der Waals surface area contributed by atoms with Gasteiger partial charge >= 0.3 is 0 Å². The summed E-state index contributed by atoms with van der Waals surface area (Å²) >= 11 is 2.29. The van der Waals surface area contributed by atoms with E-state index in [1.165, 1.54) is 0 Å². The number of hydrogen-bond acceptors (Lipinski definition) is 3. The van der Waals surface area contributed by atoms with Crippen molar-refractivity contribution in [1.29, 1.82) is 0 Å². The van der Waals surface area contributed by atoms with Gasteiger partial charge in [-0.05, 0) is 46.7 Å². The number of nitrogens with two attached hydrogens (primary N) is 1. The molecule has 0 aliphatic carbocycles. The number of aliphatic hydroxyl groups is 1. The van der Waals surface area contributed by atoms with E-state index in [1.54, 1.807) is 7.11 Å². The number of ether oxygens (including phenoxy) is 2. The van der Waals surface area contributed by atoms with E-state index in [4.69, 9.17) is 9.47 Å². The molecule has 0 amide bonds. The summed E-state index contributed by atoms with van der Waals surface area (Å²) in [6.45, 7) is 3.61. The van der Waals surface area contributed by atoms with Gasteiger partial charge in [0.1, 0.15) is 19.2 Å². The summed E-state index contributed by atoms with van der Waals surface area (Å²) in [7, 11) is 1.66. The molecule has 0 fully saturated rings. The Morgan fingerprint density at radius 3 is 2.54 bits per heavy atom. The van der Waals surface area contributed by atoms with Crippen molar-refractivity contribution < 1.29 is 19.9 Å². The van der Waals surface area contributed by atoms with E-state index in [1.807, 2.05) is 36.4 Å². The van der Waals surface area contributed by atoms with Crippen LogP contribution in [0.25, 0.3) is 0 Å². The smallest absolute Gasteiger partial charge is 0.174 e. The molecule has 1 atom stereocenters. The highest BCUT2D eigenvalue weighted by molar-refractivity contribution is 14.1. The standard InChI is InChI=1S/C19H24INO3/c1-3-16(12-22)21-11-15-9-17(20)19(18(10-15)23-2)24-13-14-7-5-4-6-8-14/h4-10,16,21-22H,3,11-13H2,1-2H3/p+1. The van der Waals surface area contributed by atoms with Gasteiger partial charge in [-0.25, -0.2) is 0 Å². The summed E-state index contributed by atoms with van der Waals surface area (Å²) in [5, 5.41) is 11.5. The highest BCUT2D eigenvalue weighted by Gasteiger charge is 2.14. The predicted molar refractivity (Wildman–Crippen MR) is 103 cm³/mol. The third kappa shape index (κ3) is 5.36. The highest BCUT2D eigenvalue weighted by Crippen LogP contribution is 2.34. The van der Waals surface area contributed by atoms with E-state index >= 15 is 0 Å². The summed E-state index contributed by atoms with van der Waals surface area (Å²) in [5.74, 6) is 1.53. The van der Waals surface area contributed by atoms with Gasteiger partial charge in [-0.3, -0.25) is 0 Å². The minimum absolute atomic E-state index is 0.197. The maximum Gasteiger partial charge on any atom is 0.174 e. The Morgan fingerprint density at radius 2 is 1.92 bits per heavy atom. The Kier molecular flexibility index (Phi) is 7.81. The quantitative estimate of drug-likeness (QED) is 0.588. The number of rotatable bonds is 9. The molecule has 3 N–H and O–H groups in total. The molecule has 130 valence electrons. The summed E-state index contributed by atoms with van der Waals surface area (Å²) in [4.78, 5) is 0. The van der Waals surface area contributed by atoms with Crippen LogP contribution in [0.3, 0.4) is 0 Å². The van der Waals surface area contributed by atoms with E-state index in [2.05, 4.69) is 40.9 Å². The third-order valence-electron chi connectivity index (χ3n) is 3.96. The first-order chi connectivity index (χ1) is 11.7. The molecule has 0 radical (unpaired) electrons. The molecule has 0 saturated heterocycles. The van der Waals surface area contributed by atoms with Gasteiger partial charge in [-0.2, -0.15) is 0 Å². The lowest BCUT2D eigenvalue weighted by molar-refractivity contribution is -0.706. The lowest BCUT2D eigenvalue weighted by atomic mass is 10.1. The molecule has 5 heteroatoms. The van der Waals surface area contributed by atoms with Crippen LogP contribution in [0.15, 0.2) is 42.5 Å². The molecule has 0 spiro atoms. The molecule has 0 aromatic heterocycles. The molecule has 2 aromatic carbocycles. The third-order valence-corrected chi connectivity index (χ3v) is 4.76. The van der Waals surface area contributed by atoms with Crippen LogP contribution in [0.2, 0.25) is 0 Å². The van der Waals surface area contributed by atoms with E-state index in [0.29, 0.717) is 6.61 Å². The largest absolute Gasteiger partial charge is 0.493 e. The Labute approximate surface area is 157 Å². The first-order valence-electron chi connectivity index (χ1n) is 8.15. The van der Waals surface area contributed by atoms with Crippen LogP contribution in [-0.2, 0) is 13.2 Å². The Bertz CT molecular complexity index is 630. The van der Waals surface area contributed by atoms with E-state index < -0.39 is 0 Å². The van der Waals surface area contributed by atoms with Crippen molar-refractivity contribution in [2.45, 2.75) is 32.5 Å². The van der Waals surface area contributed by atoms with E-state index in [-0.39, 0.29) is 12.6 Å². The van der Waals surface area contributed by atoms with Crippen molar-refractivity contribution >= 4 is 22.6 Å². The van der Waals surface area contributed by atoms with Gasteiger partial charge in [-0.15, -0.1) is 0 Å². The van der Waals surface area contributed by atoms with Crippen LogP contribution in [0.1, 0.15) is 24.5 Å². The average Bonchev–Trinajstić information content (AvgIpc) is 2.62. The molecule has 0 saturated carbocycles. The summed E-state index contributed by atoms with van der Waals surface area (Å²) in [6.07, 6.45) is 0.947. The average molecular weight is 442 g/mol. The molecule has 2 rings (SSSR count). The van der Waals surface area contributed by atoms with Gasteiger partial charge in [-0.1, -0.05) is 37.3 Å². The molecular formula is C19H25INO3+. The van der Waals surface area contributed by atoms with Crippen molar-refractivity contribution in [2.75, 3.05) is 13.7 Å². The Balaban J connectivity index is 2.09. The first-order valence-corrected chi connectivity index (χ1v) is 9.23. The summed E-state index contributed by atoms with van der Waals surface area (Å²) in [5.41, 5.74) is 2.29. The fraction of sp³-hybridized carbons (Fsp3) is 0.368. The summed E-state index contributed by atoms with van der Waals surface area (Å²) < 4.78 is 12.5. The number of benzene rings is 2.